The second-order valence-corrected chi connectivity index (χ2v) is 6.15. The predicted molar refractivity (Wildman–Crippen MR) is 109 cm³/mol. The van der Waals surface area contributed by atoms with Crippen LogP contribution in [0.4, 0.5) is 0 Å². The number of guanidine groups is 1. The molecule has 0 atom stereocenters. The zero-order chi connectivity index (χ0) is 18.0. The van der Waals surface area contributed by atoms with Crippen molar-refractivity contribution in [2.75, 3.05) is 26.7 Å². The first-order valence-corrected chi connectivity index (χ1v) is 7.75. The van der Waals surface area contributed by atoms with E-state index in [-0.39, 0.29) is 47.9 Å². The van der Waals surface area contributed by atoms with Gasteiger partial charge in [-0.05, 0) is 32.9 Å². The summed E-state index contributed by atoms with van der Waals surface area (Å²) in [6.45, 7) is 6.78. The summed E-state index contributed by atoms with van der Waals surface area (Å²) < 4.78 is 0. The molecule has 8 nitrogen and oxygen atoms in total. The maximum Gasteiger partial charge on any atom is 0.252 e. The van der Waals surface area contributed by atoms with Crippen LogP contribution in [0.3, 0.4) is 0 Å². The monoisotopic (exact) mass is 462 g/mol. The van der Waals surface area contributed by atoms with Crippen molar-refractivity contribution in [1.82, 2.24) is 26.3 Å². The molecule has 0 radical (unpaired) electrons. The minimum absolute atomic E-state index is 0. The van der Waals surface area contributed by atoms with E-state index in [9.17, 15) is 9.59 Å². The van der Waals surface area contributed by atoms with Crippen molar-refractivity contribution in [3.05, 3.63) is 30.1 Å². The molecule has 0 aliphatic heterocycles. The van der Waals surface area contributed by atoms with Gasteiger partial charge in [0, 0.05) is 38.1 Å². The molecule has 0 aliphatic carbocycles. The molecule has 0 bridgehead atoms. The summed E-state index contributed by atoms with van der Waals surface area (Å²) in [5, 5.41) is 11.6. The molecule has 0 spiro atoms. The molecule has 2 amide bonds. The number of carbonyl (C=O) groups excluding carboxylic acids is 2. The third-order valence-electron chi connectivity index (χ3n) is 2.78. The highest BCUT2D eigenvalue weighted by Crippen LogP contribution is 1.97. The van der Waals surface area contributed by atoms with Crippen LogP contribution in [0.15, 0.2) is 29.5 Å². The van der Waals surface area contributed by atoms with Crippen molar-refractivity contribution in [1.29, 1.82) is 0 Å². The molecule has 0 fully saturated rings. The van der Waals surface area contributed by atoms with Crippen LogP contribution in [0.2, 0.25) is 0 Å². The first-order valence-electron chi connectivity index (χ1n) is 7.75. The number of hydrogen-bond donors (Lipinski definition) is 4. The Labute approximate surface area is 165 Å². The Bertz CT molecular complexity index is 572. The van der Waals surface area contributed by atoms with Gasteiger partial charge in [0.15, 0.2) is 5.96 Å². The van der Waals surface area contributed by atoms with E-state index >= 15 is 0 Å². The van der Waals surface area contributed by atoms with E-state index in [0.29, 0.717) is 24.6 Å². The normalized spacial score (nSPS) is 11.1. The van der Waals surface area contributed by atoms with Gasteiger partial charge in [-0.1, -0.05) is 0 Å². The molecule has 140 valence electrons. The standard InChI is InChI=1S/C16H26N6O2.HI/c1-16(2,3)22-13(23)11-21-15(17-4)20-9-8-19-14(24)12-6-5-7-18-10-12;/h5-7,10H,8-9,11H2,1-4H3,(H,19,24)(H,22,23)(H2,17,20,21);1H. The van der Waals surface area contributed by atoms with Gasteiger partial charge in [-0.3, -0.25) is 19.6 Å². The van der Waals surface area contributed by atoms with E-state index < -0.39 is 0 Å². The van der Waals surface area contributed by atoms with Crippen LogP contribution in [0, 0.1) is 0 Å². The predicted octanol–water partition coefficient (Wildman–Crippen LogP) is 0.509. The molecule has 0 saturated carbocycles. The van der Waals surface area contributed by atoms with Crippen molar-refractivity contribution in [2.24, 2.45) is 4.99 Å². The van der Waals surface area contributed by atoms with Gasteiger partial charge < -0.3 is 21.3 Å². The quantitative estimate of drug-likeness (QED) is 0.213. The molecule has 0 aliphatic rings. The molecule has 9 heteroatoms. The van der Waals surface area contributed by atoms with Gasteiger partial charge in [0.2, 0.25) is 5.91 Å². The average Bonchev–Trinajstić information content (AvgIpc) is 2.53. The summed E-state index contributed by atoms with van der Waals surface area (Å²) in [7, 11) is 1.62. The van der Waals surface area contributed by atoms with E-state index in [1.165, 1.54) is 6.20 Å². The van der Waals surface area contributed by atoms with Crippen molar-refractivity contribution in [3.8, 4) is 0 Å². The topological polar surface area (TPSA) is 108 Å². The molecular weight excluding hydrogens is 435 g/mol. The van der Waals surface area contributed by atoms with Gasteiger partial charge in [0.05, 0.1) is 12.1 Å². The summed E-state index contributed by atoms with van der Waals surface area (Å²) in [6.07, 6.45) is 3.13. The van der Waals surface area contributed by atoms with Crippen LogP contribution in [0.25, 0.3) is 0 Å². The van der Waals surface area contributed by atoms with E-state index in [1.807, 2.05) is 20.8 Å². The molecule has 25 heavy (non-hydrogen) atoms. The second-order valence-electron chi connectivity index (χ2n) is 6.15. The third-order valence-corrected chi connectivity index (χ3v) is 2.78. The maximum atomic E-state index is 11.8. The molecule has 4 N–H and O–H groups in total. The summed E-state index contributed by atoms with van der Waals surface area (Å²) >= 11 is 0. The fraction of sp³-hybridized carbons (Fsp3) is 0.500. The minimum atomic E-state index is -0.272. The van der Waals surface area contributed by atoms with Crippen LogP contribution in [0.5, 0.6) is 0 Å². The Morgan fingerprint density at radius 2 is 1.84 bits per heavy atom. The molecule has 1 rings (SSSR count). The molecule has 1 aromatic heterocycles. The van der Waals surface area contributed by atoms with Gasteiger partial charge in [-0.15, -0.1) is 24.0 Å². The van der Waals surface area contributed by atoms with Gasteiger partial charge in [-0.2, -0.15) is 0 Å². The Hall–Kier alpha value is -1.91. The van der Waals surface area contributed by atoms with Crippen LogP contribution in [0.1, 0.15) is 31.1 Å². The lowest BCUT2D eigenvalue weighted by atomic mass is 10.1. The molecule has 0 unspecified atom stereocenters. The van der Waals surface area contributed by atoms with Crippen molar-refractivity contribution in [3.63, 3.8) is 0 Å². The van der Waals surface area contributed by atoms with E-state index in [4.69, 9.17) is 0 Å². The number of aliphatic imine (C=N–C) groups is 1. The molecule has 1 aromatic rings. The fourth-order valence-electron chi connectivity index (χ4n) is 1.80. The van der Waals surface area contributed by atoms with E-state index in [2.05, 4.69) is 31.2 Å². The summed E-state index contributed by atoms with van der Waals surface area (Å²) in [5.41, 5.74) is 0.241. The molecule has 0 aromatic carbocycles. The first-order chi connectivity index (χ1) is 11.3. The Morgan fingerprint density at radius 3 is 2.40 bits per heavy atom. The average molecular weight is 462 g/mol. The van der Waals surface area contributed by atoms with Crippen LogP contribution in [-0.2, 0) is 4.79 Å². The number of carbonyl (C=O) groups is 2. The Morgan fingerprint density at radius 1 is 1.16 bits per heavy atom. The van der Waals surface area contributed by atoms with Crippen molar-refractivity contribution >= 4 is 41.8 Å². The number of halogens is 1. The zero-order valence-electron chi connectivity index (χ0n) is 15.0. The number of hydrogen-bond acceptors (Lipinski definition) is 4. The highest BCUT2D eigenvalue weighted by Gasteiger charge is 2.13. The lowest BCUT2D eigenvalue weighted by Gasteiger charge is -2.21. The van der Waals surface area contributed by atoms with Crippen molar-refractivity contribution in [2.45, 2.75) is 26.3 Å². The number of rotatable bonds is 6. The highest BCUT2D eigenvalue weighted by atomic mass is 127. The number of aromatic nitrogens is 1. The van der Waals surface area contributed by atoms with Crippen molar-refractivity contribution < 1.29 is 9.59 Å². The van der Waals surface area contributed by atoms with Gasteiger partial charge >= 0.3 is 0 Å². The largest absolute Gasteiger partial charge is 0.355 e. The first kappa shape index (κ1) is 23.1. The molecule has 1 heterocycles. The minimum Gasteiger partial charge on any atom is -0.355 e. The number of amides is 2. The fourth-order valence-corrected chi connectivity index (χ4v) is 1.80. The van der Waals surface area contributed by atoms with E-state index in [1.54, 1.807) is 25.4 Å². The van der Waals surface area contributed by atoms with E-state index in [0.717, 1.165) is 0 Å². The van der Waals surface area contributed by atoms with Crippen LogP contribution >= 0.6 is 24.0 Å². The van der Waals surface area contributed by atoms with Gasteiger partial charge in [-0.25, -0.2) is 0 Å². The smallest absolute Gasteiger partial charge is 0.252 e. The summed E-state index contributed by atoms with van der Waals surface area (Å²) in [5.74, 6) is 0.197. The molecule has 0 saturated heterocycles. The Kier molecular flexibility index (Phi) is 10.7. The summed E-state index contributed by atoms with van der Waals surface area (Å²) in [6, 6.07) is 3.41. The van der Waals surface area contributed by atoms with Crippen LogP contribution < -0.4 is 21.3 Å². The number of nitrogens with one attached hydrogen (secondary N) is 4. The second kappa shape index (κ2) is 11.6. The number of pyridine rings is 1. The lowest BCUT2D eigenvalue weighted by Crippen LogP contribution is -2.48. The Balaban J connectivity index is 0.00000576. The van der Waals surface area contributed by atoms with Gasteiger partial charge in [0.25, 0.3) is 5.91 Å². The number of nitrogens with zero attached hydrogens (tertiary/aromatic N) is 2. The van der Waals surface area contributed by atoms with Gasteiger partial charge in [0.1, 0.15) is 0 Å². The maximum absolute atomic E-state index is 11.8. The SMILES string of the molecule is CN=C(NCCNC(=O)c1cccnc1)NCC(=O)NC(C)(C)C.I. The lowest BCUT2D eigenvalue weighted by molar-refractivity contribution is -0.121. The zero-order valence-corrected chi connectivity index (χ0v) is 17.4. The third kappa shape index (κ3) is 10.5. The van der Waals surface area contributed by atoms with Crippen LogP contribution in [-0.4, -0.2) is 55.0 Å². The molecular formula is C16H27IN6O2. The highest BCUT2D eigenvalue weighted by molar-refractivity contribution is 14.0. The summed E-state index contributed by atoms with van der Waals surface area (Å²) in [4.78, 5) is 31.5.